The van der Waals surface area contributed by atoms with E-state index in [1.807, 2.05) is 37.3 Å². The van der Waals surface area contributed by atoms with Crippen molar-refractivity contribution in [2.45, 2.75) is 52.6 Å². The van der Waals surface area contributed by atoms with Crippen LogP contribution in [0.1, 0.15) is 44.2 Å². The first-order chi connectivity index (χ1) is 15.5. The van der Waals surface area contributed by atoms with E-state index in [4.69, 9.17) is 14.5 Å². The number of hydrogen-bond donors (Lipinski definition) is 3. The Hall–Kier alpha value is -3.22. The smallest absolute Gasteiger partial charge is 0.221 e. The molecule has 0 spiro atoms. The Labute approximate surface area is 190 Å². The normalized spacial score (nSPS) is 14.3. The molecule has 0 saturated heterocycles. The Morgan fingerprint density at radius 1 is 1.12 bits per heavy atom. The van der Waals surface area contributed by atoms with Gasteiger partial charge in [0.2, 0.25) is 5.91 Å². The summed E-state index contributed by atoms with van der Waals surface area (Å²) in [6.45, 7) is 8.44. The molecule has 172 valence electrons. The first-order valence-electron chi connectivity index (χ1n) is 11.3. The van der Waals surface area contributed by atoms with Gasteiger partial charge < -0.3 is 25.4 Å². The van der Waals surface area contributed by atoms with Crippen molar-refractivity contribution in [3.05, 3.63) is 53.6 Å². The maximum atomic E-state index is 12.1. The van der Waals surface area contributed by atoms with Crippen LogP contribution in [-0.2, 0) is 11.3 Å². The van der Waals surface area contributed by atoms with Gasteiger partial charge in [0, 0.05) is 37.2 Å². The van der Waals surface area contributed by atoms with Crippen LogP contribution in [0, 0.1) is 6.92 Å². The second-order valence-corrected chi connectivity index (χ2v) is 7.98. The molecular formula is C25H34N4O3. The third-order valence-electron chi connectivity index (χ3n) is 5.34. The van der Waals surface area contributed by atoms with Gasteiger partial charge in [-0.2, -0.15) is 0 Å². The Morgan fingerprint density at radius 2 is 1.91 bits per heavy atom. The highest BCUT2D eigenvalue weighted by Gasteiger charge is 2.12. The SMILES string of the molecule is CCC(C)NC(=O)CCNC(=NCc1ccccc1C)Nc1ccc2c(c1)OCCCO2. The molecule has 1 aliphatic rings. The quantitative estimate of drug-likeness (QED) is 0.428. The zero-order chi connectivity index (χ0) is 22.8. The molecule has 0 radical (unpaired) electrons. The molecule has 7 nitrogen and oxygen atoms in total. The molecule has 1 aliphatic heterocycles. The van der Waals surface area contributed by atoms with E-state index >= 15 is 0 Å². The van der Waals surface area contributed by atoms with Crippen molar-refractivity contribution in [2.75, 3.05) is 25.1 Å². The number of nitrogens with zero attached hydrogens (tertiary/aromatic N) is 1. The Kier molecular flexibility index (Phi) is 8.78. The number of fused-ring (bicyclic) bond motifs is 1. The number of hydrogen-bond acceptors (Lipinski definition) is 4. The van der Waals surface area contributed by atoms with Crippen molar-refractivity contribution >= 4 is 17.6 Å². The maximum Gasteiger partial charge on any atom is 0.221 e. The summed E-state index contributed by atoms with van der Waals surface area (Å²) in [5.41, 5.74) is 3.19. The maximum absolute atomic E-state index is 12.1. The van der Waals surface area contributed by atoms with Gasteiger partial charge >= 0.3 is 0 Å². The predicted molar refractivity (Wildman–Crippen MR) is 129 cm³/mol. The monoisotopic (exact) mass is 438 g/mol. The number of amides is 1. The van der Waals surface area contributed by atoms with Gasteiger partial charge in [-0.25, -0.2) is 4.99 Å². The van der Waals surface area contributed by atoms with Crippen molar-refractivity contribution in [3.63, 3.8) is 0 Å². The summed E-state index contributed by atoms with van der Waals surface area (Å²) in [6.07, 6.45) is 2.14. The molecule has 1 atom stereocenters. The average molecular weight is 439 g/mol. The zero-order valence-electron chi connectivity index (χ0n) is 19.2. The molecule has 7 heteroatoms. The van der Waals surface area contributed by atoms with Gasteiger partial charge in [0.05, 0.1) is 19.8 Å². The molecule has 1 heterocycles. The summed E-state index contributed by atoms with van der Waals surface area (Å²) in [6, 6.07) is 14.1. The van der Waals surface area contributed by atoms with E-state index in [1.165, 1.54) is 5.56 Å². The van der Waals surface area contributed by atoms with Crippen LogP contribution in [0.2, 0.25) is 0 Å². The highest BCUT2D eigenvalue weighted by atomic mass is 16.5. The summed E-state index contributed by atoms with van der Waals surface area (Å²) < 4.78 is 11.5. The van der Waals surface area contributed by atoms with E-state index < -0.39 is 0 Å². The molecule has 0 fully saturated rings. The summed E-state index contributed by atoms with van der Waals surface area (Å²) in [5, 5.41) is 9.60. The topological polar surface area (TPSA) is 84.0 Å². The molecule has 1 amide bonds. The number of ether oxygens (including phenoxy) is 2. The Balaban J connectivity index is 1.68. The minimum atomic E-state index is 0.0284. The van der Waals surface area contributed by atoms with Crippen molar-refractivity contribution in [1.29, 1.82) is 0 Å². The fourth-order valence-electron chi connectivity index (χ4n) is 3.21. The molecule has 3 N–H and O–H groups in total. The van der Waals surface area contributed by atoms with Crippen LogP contribution >= 0.6 is 0 Å². The van der Waals surface area contributed by atoms with Crippen LogP contribution in [0.15, 0.2) is 47.5 Å². The highest BCUT2D eigenvalue weighted by Crippen LogP contribution is 2.32. The number of carbonyl (C=O) groups excluding carboxylic acids is 1. The average Bonchev–Trinajstić information content (AvgIpc) is 3.03. The minimum absolute atomic E-state index is 0.0284. The van der Waals surface area contributed by atoms with Crippen molar-refractivity contribution in [3.8, 4) is 11.5 Å². The van der Waals surface area contributed by atoms with Crippen LogP contribution in [-0.4, -0.2) is 37.7 Å². The number of nitrogens with one attached hydrogen (secondary N) is 3. The van der Waals surface area contributed by atoms with Crippen LogP contribution in [0.3, 0.4) is 0 Å². The van der Waals surface area contributed by atoms with Gasteiger partial charge in [-0.3, -0.25) is 4.79 Å². The molecule has 3 rings (SSSR count). The molecule has 2 aromatic rings. The second kappa shape index (κ2) is 12.0. The lowest BCUT2D eigenvalue weighted by Gasteiger charge is -2.16. The number of benzene rings is 2. The molecular weight excluding hydrogens is 404 g/mol. The summed E-state index contributed by atoms with van der Waals surface area (Å²) in [7, 11) is 0. The van der Waals surface area contributed by atoms with Gasteiger partial charge in [-0.05, 0) is 43.5 Å². The lowest BCUT2D eigenvalue weighted by Crippen LogP contribution is -2.37. The Bertz CT molecular complexity index is 929. The fourth-order valence-corrected chi connectivity index (χ4v) is 3.21. The van der Waals surface area contributed by atoms with Gasteiger partial charge in [0.1, 0.15) is 0 Å². The first-order valence-corrected chi connectivity index (χ1v) is 11.3. The summed E-state index contributed by atoms with van der Waals surface area (Å²) >= 11 is 0. The molecule has 0 aliphatic carbocycles. The van der Waals surface area contributed by atoms with Crippen molar-refractivity contribution in [1.82, 2.24) is 10.6 Å². The van der Waals surface area contributed by atoms with Gasteiger partial charge in [0.25, 0.3) is 0 Å². The molecule has 32 heavy (non-hydrogen) atoms. The standard InChI is InChI=1S/C25H34N4O3/c1-4-19(3)28-24(30)12-13-26-25(27-17-20-9-6-5-8-18(20)2)29-21-10-11-22-23(16-21)32-15-7-14-31-22/h5-6,8-11,16,19H,4,7,12-15,17H2,1-3H3,(H,28,30)(H2,26,27,29). The number of guanidine groups is 1. The van der Waals surface area contributed by atoms with E-state index in [2.05, 4.69) is 41.9 Å². The van der Waals surface area contributed by atoms with Gasteiger partial charge in [-0.15, -0.1) is 0 Å². The lowest BCUT2D eigenvalue weighted by atomic mass is 10.1. The zero-order valence-corrected chi connectivity index (χ0v) is 19.2. The third-order valence-corrected chi connectivity index (χ3v) is 5.34. The first kappa shape index (κ1) is 23.4. The van der Waals surface area contributed by atoms with E-state index in [1.54, 1.807) is 0 Å². The van der Waals surface area contributed by atoms with E-state index in [0.29, 0.717) is 38.7 Å². The van der Waals surface area contributed by atoms with Gasteiger partial charge in [-0.1, -0.05) is 31.2 Å². The van der Waals surface area contributed by atoms with E-state index in [-0.39, 0.29) is 11.9 Å². The van der Waals surface area contributed by atoms with E-state index in [0.717, 1.165) is 35.6 Å². The van der Waals surface area contributed by atoms with Crippen LogP contribution < -0.4 is 25.4 Å². The number of rotatable bonds is 8. The third kappa shape index (κ3) is 7.18. The van der Waals surface area contributed by atoms with Crippen LogP contribution in [0.5, 0.6) is 11.5 Å². The molecule has 0 bridgehead atoms. The highest BCUT2D eigenvalue weighted by molar-refractivity contribution is 5.94. The lowest BCUT2D eigenvalue weighted by molar-refractivity contribution is -0.121. The number of aliphatic imine (C=N–C) groups is 1. The molecule has 0 saturated carbocycles. The second-order valence-electron chi connectivity index (χ2n) is 7.98. The predicted octanol–water partition coefficient (Wildman–Crippen LogP) is 4.02. The number of carbonyl (C=O) groups is 1. The van der Waals surface area contributed by atoms with Crippen LogP contribution in [0.4, 0.5) is 5.69 Å². The van der Waals surface area contributed by atoms with Crippen molar-refractivity contribution in [2.24, 2.45) is 4.99 Å². The van der Waals surface area contributed by atoms with E-state index in [9.17, 15) is 4.79 Å². The largest absolute Gasteiger partial charge is 0.490 e. The number of aryl methyl sites for hydroxylation is 1. The molecule has 1 unspecified atom stereocenters. The van der Waals surface area contributed by atoms with Crippen LogP contribution in [0.25, 0.3) is 0 Å². The summed E-state index contributed by atoms with van der Waals surface area (Å²) in [4.78, 5) is 16.9. The number of anilines is 1. The minimum Gasteiger partial charge on any atom is -0.490 e. The van der Waals surface area contributed by atoms with Gasteiger partial charge in [0.15, 0.2) is 17.5 Å². The van der Waals surface area contributed by atoms with Crippen molar-refractivity contribution < 1.29 is 14.3 Å². The fraction of sp³-hybridized carbons (Fsp3) is 0.440. The Morgan fingerprint density at radius 3 is 2.69 bits per heavy atom. The molecule has 0 aromatic heterocycles. The molecule has 2 aromatic carbocycles. The summed E-state index contributed by atoms with van der Waals surface area (Å²) in [5.74, 6) is 2.11.